The highest BCUT2D eigenvalue weighted by atomic mass is 32.1. The Labute approximate surface area is 111 Å². The van der Waals surface area contributed by atoms with Gasteiger partial charge in [-0.3, -0.25) is 0 Å². The van der Waals surface area contributed by atoms with Crippen LogP contribution in [0.15, 0.2) is 35.0 Å². The molecular formula is C14H17NO2S. The van der Waals surface area contributed by atoms with E-state index in [-0.39, 0.29) is 23.6 Å². The van der Waals surface area contributed by atoms with Crippen LogP contribution in [0, 0.1) is 0 Å². The van der Waals surface area contributed by atoms with Gasteiger partial charge in [0.2, 0.25) is 0 Å². The van der Waals surface area contributed by atoms with Gasteiger partial charge in [0.25, 0.3) is 0 Å². The van der Waals surface area contributed by atoms with E-state index in [0.29, 0.717) is 5.56 Å². The zero-order chi connectivity index (χ0) is 13.1. The van der Waals surface area contributed by atoms with Crippen LogP contribution >= 0.6 is 11.3 Å². The van der Waals surface area contributed by atoms with Crippen molar-refractivity contribution in [2.45, 2.75) is 25.9 Å². The fourth-order valence-electron chi connectivity index (χ4n) is 2.06. The molecule has 0 spiro atoms. The summed E-state index contributed by atoms with van der Waals surface area (Å²) in [6, 6.07) is 6.92. The van der Waals surface area contributed by atoms with Gasteiger partial charge in [0.1, 0.15) is 11.5 Å². The average Bonchev–Trinajstić information content (AvgIpc) is 2.81. The van der Waals surface area contributed by atoms with Crippen LogP contribution in [-0.2, 0) is 0 Å². The third-order valence-corrected chi connectivity index (χ3v) is 3.74. The highest BCUT2D eigenvalue weighted by Gasteiger charge is 2.17. The fourth-order valence-corrected chi connectivity index (χ4v) is 2.81. The van der Waals surface area contributed by atoms with Gasteiger partial charge in [-0.15, -0.1) is 0 Å². The molecule has 18 heavy (non-hydrogen) atoms. The van der Waals surface area contributed by atoms with Crippen molar-refractivity contribution < 1.29 is 10.2 Å². The third-order valence-electron chi connectivity index (χ3n) is 3.04. The van der Waals surface area contributed by atoms with Gasteiger partial charge in [-0.1, -0.05) is 6.07 Å². The molecular weight excluding hydrogens is 246 g/mol. The largest absolute Gasteiger partial charge is 0.507 e. The Hall–Kier alpha value is -1.52. The molecule has 1 aromatic carbocycles. The summed E-state index contributed by atoms with van der Waals surface area (Å²) in [5.74, 6) is 0.236. The Kier molecular flexibility index (Phi) is 3.89. The molecule has 2 atom stereocenters. The molecule has 0 aliphatic heterocycles. The van der Waals surface area contributed by atoms with Crippen molar-refractivity contribution >= 4 is 11.3 Å². The molecule has 0 aliphatic carbocycles. The van der Waals surface area contributed by atoms with Gasteiger partial charge in [0.05, 0.1) is 5.56 Å². The van der Waals surface area contributed by atoms with Crippen molar-refractivity contribution in [3.63, 3.8) is 0 Å². The fraction of sp³-hybridized carbons (Fsp3) is 0.286. The summed E-state index contributed by atoms with van der Waals surface area (Å²) in [6.07, 6.45) is 0. The number of phenolic OH excluding ortho intramolecular Hbond substituents is 2. The maximum Gasteiger partial charge on any atom is 0.124 e. The highest BCUT2D eigenvalue weighted by molar-refractivity contribution is 7.07. The number of hydrogen-bond donors (Lipinski definition) is 3. The van der Waals surface area contributed by atoms with E-state index in [1.165, 1.54) is 5.56 Å². The number of phenols is 2. The highest BCUT2D eigenvalue weighted by Crippen LogP contribution is 2.33. The van der Waals surface area contributed by atoms with Crippen LogP contribution in [0.1, 0.15) is 37.1 Å². The number of benzene rings is 1. The zero-order valence-electron chi connectivity index (χ0n) is 10.4. The second-order valence-corrected chi connectivity index (χ2v) is 5.16. The first-order chi connectivity index (χ1) is 8.59. The van der Waals surface area contributed by atoms with E-state index in [1.807, 2.05) is 12.3 Å². The Balaban J connectivity index is 2.15. The summed E-state index contributed by atoms with van der Waals surface area (Å²) in [4.78, 5) is 0. The van der Waals surface area contributed by atoms with Gasteiger partial charge in [-0.05, 0) is 48.4 Å². The van der Waals surface area contributed by atoms with Gasteiger partial charge >= 0.3 is 0 Å². The molecule has 0 saturated carbocycles. The molecule has 0 fully saturated rings. The van der Waals surface area contributed by atoms with Gasteiger partial charge in [-0.2, -0.15) is 11.3 Å². The minimum atomic E-state index is -0.124. The minimum absolute atomic E-state index is 0.118. The molecule has 1 aromatic heterocycles. The molecule has 2 aromatic rings. The quantitative estimate of drug-likeness (QED) is 0.790. The predicted molar refractivity (Wildman–Crippen MR) is 74.1 cm³/mol. The van der Waals surface area contributed by atoms with Crippen molar-refractivity contribution in [3.05, 3.63) is 46.2 Å². The Morgan fingerprint density at radius 2 is 1.72 bits per heavy atom. The van der Waals surface area contributed by atoms with Gasteiger partial charge in [0.15, 0.2) is 0 Å². The van der Waals surface area contributed by atoms with Crippen LogP contribution in [0.4, 0.5) is 0 Å². The van der Waals surface area contributed by atoms with Crippen LogP contribution in [0.2, 0.25) is 0 Å². The first-order valence-corrected chi connectivity index (χ1v) is 6.83. The SMILES string of the molecule is CC(NC(C)c1c(O)cccc1O)c1ccsc1. The van der Waals surface area contributed by atoms with Crippen molar-refractivity contribution in [2.24, 2.45) is 0 Å². The van der Waals surface area contributed by atoms with Gasteiger partial charge in [-0.25, -0.2) is 0 Å². The average molecular weight is 263 g/mol. The van der Waals surface area contributed by atoms with E-state index in [2.05, 4.69) is 23.7 Å². The molecule has 1 heterocycles. The smallest absolute Gasteiger partial charge is 0.124 e. The Morgan fingerprint density at radius 1 is 1.06 bits per heavy atom. The summed E-state index contributed by atoms with van der Waals surface area (Å²) in [6.45, 7) is 3.99. The predicted octanol–water partition coefficient (Wildman–Crippen LogP) is 3.57. The third kappa shape index (κ3) is 2.66. The topological polar surface area (TPSA) is 52.5 Å². The maximum atomic E-state index is 9.81. The molecule has 0 saturated heterocycles. The van der Waals surface area contributed by atoms with E-state index in [4.69, 9.17) is 0 Å². The minimum Gasteiger partial charge on any atom is -0.507 e. The van der Waals surface area contributed by atoms with Gasteiger partial charge in [0, 0.05) is 12.1 Å². The summed E-state index contributed by atoms with van der Waals surface area (Å²) >= 11 is 1.66. The molecule has 3 N–H and O–H groups in total. The summed E-state index contributed by atoms with van der Waals surface area (Å²) in [5.41, 5.74) is 1.75. The van der Waals surface area contributed by atoms with Crippen LogP contribution in [0.25, 0.3) is 0 Å². The maximum absolute atomic E-state index is 9.81. The number of nitrogens with one attached hydrogen (secondary N) is 1. The lowest BCUT2D eigenvalue weighted by Gasteiger charge is -2.21. The molecule has 4 heteroatoms. The van der Waals surface area contributed by atoms with E-state index < -0.39 is 0 Å². The molecule has 0 aliphatic rings. The van der Waals surface area contributed by atoms with Crippen LogP contribution in [0.3, 0.4) is 0 Å². The lowest BCUT2D eigenvalue weighted by Crippen LogP contribution is -2.22. The number of aromatic hydroxyl groups is 2. The summed E-state index contributed by atoms with van der Waals surface area (Å²) < 4.78 is 0. The Morgan fingerprint density at radius 3 is 2.28 bits per heavy atom. The van der Waals surface area contributed by atoms with Crippen molar-refractivity contribution in [1.82, 2.24) is 5.32 Å². The van der Waals surface area contributed by atoms with E-state index in [1.54, 1.807) is 29.5 Å². The van der Waals surface area contributed by atoms with E-state index in [0.717, 1.165) is 0 Å². The molecule has 0 bridgehead atoms. The van der Waals surface area contributed by atoms with E-state index >= 15 is 0 Å². The van der Waals surface area contributed by atoms with Crippen molar-refractivity contribution in [1.29, 1.82) is 0 Å². The number of hydrogen-bond acceptors (Lipinski definition) is 4. The van der Waals surface area contributed by atoms with Crippen LogP contribution in [-0.4, -0.2) is 10.2 Å². The first kappa shape index (κ1) is 12.9. The standard InChI is InChI=1S/C14H17NO2S/c1-9(11-6-7-18-8-11)15-10(2)14-12(16)4-3-5-13(14)17/h3-10,15-17H,1-2H3. The summed E-state index contributed by atoms with van der Waals surface area (Å²) in [7, 11) is 0. The lowest BCUT2D eigenvalue weighted by atomic mass is 10.0. The number of thiophene rings is 1. The van der Waals surface area contributed by atoms with Crippen LogP contribution < -0.4 is 5.32 Å². The molecule has 0 amide bonds. The van der Waals surface area contributed by atoms with E-state index in [9.17, 15) is 10.2 Å². The molecule has 2 unspecified atom stereocenters. The lowest BCUT2D eigenvalue weighted by molar-refractivity contribution is 0.407. The molecule has 96 valence electrons. The zero-order valence-corrected chi connectivity index (χ0v) is 11.2. The van der Waals surface area contributed by atoms with Gasteiger partial charge < -0.3 is 15.5 Å². The molecule has 0 radical (unpaired) electrons. The monoisotopic (exact) mass is 263 g/mol. The number of rotatable bonds is 4. The van der Waals surface area contributed by atoms with Crippen molar-refractivity contribution in [2.75, 3.05) is 0 Å². The molecule has 3 nitrogen and oxygen atoms in total. The van der Waals surface area contributed by atoms with Crippen LogP contribution in [0.5, 0.6) is 11.5 Å². The normalized spacial score (nSPS) is 14.3. The first-order valence-electron chi connectivity index (χ1n) is 5.88. The summed E-state index contributed by atoms with van der Waals surface area (Å²) in [5, 5.41) is 27.1. The Bertz CT molecular complexity index is 490. The van der Waals surface area contributed by atoms with Crippen molar-refractivity contribution in [3.8, 4) is 11.5 Å². The second kappa shape index (κ2) is 5.42. The molecule has 2 rings (SSSR count). The second-order valence-electron chi connectivity index (χ2n) is 4.38.